The Balaban J connectivity index is 0.00000289. The van der Waals surface area contributed by atoms with Crippen molar-refractivity contribution in [2.24, 2.45) is 16.7 Å². The average Bonchev–Trinajstić information content (AvgIpc) is 2.16. The predicted molar refractivity (Wildman–Crippen MR) is 70.9 cm³/mol. The summed E-state index contributed by atoms with van der Waals surface area (Å²) in [6.07, 6.45) is 4.35. The molecule has 0 aromatic carbocycles. The zero-order chi connectivity index (χ0) is 13.3. The Hall–Kier alpha value is -0.463. The van der Waals surface area contributed by atoms with E-state index in [1.165, 1.54) is 0 Å². The fourth-order valence-electron chi connectivity index (χ4n) is 3.23. The van der Waals surface area contributed by atoms with Crippen LogP contribution in [-0.4, -0.2) is 41.0 Å². The molecular formula is C13H23LiO4. The quantitative estimate of drug-likeness (QED) is 0.594. The van der Waals surface area contributed by atoms with E-state index in [0.29, 0.717) is 12.8 Å². The van der Waals surface area contributed by atoms with Gasteiger partial charge in [0.15, 0.2) is 5.41 Å². The van der Waals surface area contributed by atoms with Gasteiger partial charge in [0.25, 0.3) is 0 Å². The Labute approximate surface area is 120 Å². The fraction of sp³-hybridized carbons (Fsp3) is 0.846. The number of rotatable bonds is 3. The fourth-order valence-corrected chi connectivity index (χ4v) is 3.23. The van der Waals surface area contributed by atoms with Crippen LogP contribution in [0.5, 0.6) is 0 Å². The third kappa shape index (κ3) is 2.75. The SMILES string of the molecule is CC(C)(C)C(C(=O)O)(C(=O)O)C1CCCCC1.[LiH]. The van der Waals surface area contributed by atoms with Crippen LogP contribution in [0, 0.1) is 16.7 Å². The van der Waals surface area contributed by atoms with Crippen molar-refractivity contribution in [3.8, 4) is 0 Å². The third-order valence-corrected chi connectivity index (χ3v) is 4.08. The van der Waals surface area contributed by atoms with Crippen molar-refractivity contribution in [1.29, 1.82) is 0 Å². The van der Waals surface area contributed by atoms with Crippen LogP contribution in [0.25, 0.3) is 0 Å². The first-order valence-corrected chi connectivity index (χ1v) is 6.21. The summed E-state index contributed by atoms with van der Waals surface area (Å²) in [5.74, 6) is -2.64. The second kappa shape index (κ2) is 6.12. The molecule has 18 heavy (non-hydrogen) atoms. The second-order valence-corrected chi connectivity index (χ2v) is 6.00. The van der Waals surface area contributed by atoms with Crippen LogP contribution in [0.3, 0.4) is 0 Å². The number of hydrogen-bond donors (Lipinski definition) is 2. The Bertz CT molecular complexity index is 299. The molecule has 5 heteroatoms. The molecule has 0 spiro atoms. The van der Waals surface area contributed by atoms with Crippen molar-refractivity contribution in [1.82, 2.24) is 0 Å². The van der Waals surface area contributed by atoms with Crippen LogP contribution in [-0.2, 0) is 9.59 Å². The van der Waals surface area contributed by atoms with Gasteiger partial charge in [0, 0.05) is 0 Å². The number of carboxylic acid groups (broad SMARTS) is 2. The molecule has 1 aliphatic carbocycles. The molecule has 1 rings (SSSR count). The summed E-state index contributed by atoms with van der Waals surface area (Å²) in [4.78, 5) is 23.3. The van der Waals surface area contributed by atoms with Crippen molar-refractivity contribution in [2.75, 3.05) is 0 Å². The van der Waals surface area contributed by atoms with Gasteiger partial charge in [0.1, 0.15) is 0 Å². The monoisotopic (exact) mass is 250 g/mol. The van der Waals surface area contributed by atoms with Gasteiger partial charge in [-0.25, -0.2) is 0 Å². The number of aliphatic carboxylic acids is 2. The summed E-state index contributed by atoms with van der Waals surface area (Å²) in [5, 5.41) is 19.0. The van der Waals surface area contributed by atoms with Crippen LogP contribution in [0.4, 0.5) is 0 Å². The molecule has 0 aromatic heterocycles. The molecule has 1 aliphatic rings. The second-order valence-electron chi connectivity index (χ2n) is 6.00. The van der Waals surface area contributed by atoms with E-state index in [0.717, 1.165) is 19.3 Å². The maximum absolute atomic E-state index is 11.6. The van der Waals surface area contributed by atoms with Crippen LogP contribution < -0.4 is 0 Å². The van der Waals surface area contributed by atoms with Crippen LogP contribution >= 0.6 is 0 Å². The first-order chi connectivity index (χ1) is 7.74. The zero-order valence-corrected chi connectivity index (χ0v) is 10.8. The van der Waals surface area contributed by atoms with E-state index in [4.69, 9.17) is 0 Å². The molecule has 0 saturated heterocycles. The molecule has 0 bridgehead atoms. The van der Waals surface area contributed by atoms with Crippen LogP contribution in [0.1, 0.15) is 52.9 Å². The number of carbonyl (C=O) groups is 2. The molecule has 4 nitrogen and oxygen atoms in total. The van der Waals surface area contributed by atoms with Gasteiger partial charge in [0.05, 0.1) is 0 Å². The van der Waals surface area contributed by atoms with E-state index in [2.05, 4.69) is 0 Å². The summed E-state index contributed by atoms with van der Waals surface area (Å²) < 4.78 is 0. The van der Waals surface area contributed by atoms with Gasteiger partial charge in [-0.15, -0.1) is 0 Å². The molecule has 1 saturated carbocycles. The molecule has 0 aromatic rings. The van der Waals surface area contributed by atoms with Crippen molar-refractivity contribution >= 4 is 30.8 Å². The van der Waals surface area contributed by atoms with Gasteiger partial charge in [0.2, 0.25) is 0 Å². The molecule has 0 aliphatic heterocycles. The molecule has 0 amide bonds. The molecule has 0 unspecified atom stereocenters. The third-order valence-electron chi connectivity index (χ3n) is 4.08. The van der Waals surface area contributed by atoms with E-state index in [-0.39, 0.29) is 24.8 Å². The van der Waals surface area contributed by atoms with Crippen LogP contribution in [0.2, 0.25) is 0 Å². The molecular weight excluding hydrogens is 227 g/mol. The van der Waals surface area contributed by atoms with E-state index in [1.807, 2.05) is 0 Å². The Morgan fingerprint density at radius 3 is 1.61 bits per heavy atom. The summed E-state index contributed by atoms with van der Waals surface area (Å²) >= 11 is 0. The summed E-state index contributed by atoms with van der Waals surface area (Å²) in [7, 11) is 0. The van der Waals surface area contributed by atoms with E-state index >= 15 is 0 Å². The Morgan fingerprint density at radius 2 is 1.33 bits per heavy atom. The first-order valence-electron chi connectivity index (χ1n) is 6.21. The predicted octanol–water partition coefficient (Wildman–Crippen LogP) is 2.12. The van der Waals surface area contributed by atoms with Crippen molar-refractivity contribution in [3.63, 3.8) is 0 Å². The summed E-state index contributed by atoms with van der Waals surface area (Å²) in [6.45, 7) is 5.14. The first kappa shape index (κ1) is 17.5. The van der Waals surface area contributed by atoms with Crippen molar-refractivity contribution < 1.29 is 19.8 Å². The molecule has 0 atom stereocenters. The number of carboxylic acids is 2. The van der Waals surface area contributed by atoms with Crippen molar-refractivity contribution in [2.45, 2.75) is 52.9 Å². The minimum absolute atomic E-state index is 0. The van der Waals surface area contributed by atoms with Gasteiger partial charge in [-0.3, -0.25) is 9.59 Å². The Kier molecular flexibility index (Phi) is 5.96. The van der Waals surface area contributed by atoms with Gasteiger partial charge in [-0.05, 0) is 24.2 Å². The standard InChI is InChI=1S/C13H22O4.Li.H/c1-12(2,3)13(10(14)15,11(16)17)9-7-5-4-6-8-9;;/h9H,4-8H2,1-3H3,(H,14,15)(H,16,17);;. The molecule has 0 heterocycles. The maximum atomic E-state index is 11.6. The van der Waals surface area contributed by atoms with Crippen molar-refractivity contribution in [3.05, 3.63) is 0 Å². The number of hydrogen-bond acceptors (Lipinski definition) is 2. The average molecular weight is 250 g/mol. The summed E-state index contributed by atoms with van der Waals surface area (Å²) in [6, 6.07) is 0. The van der Waals surface area contributed by atoms with E-state index < -0.39 is 22.8 Å². The molecule has 100 valence electrons. The zero-order valence-electron chi connectivity index (χ0n) is 10.8. The Morgan fingerprint density at radius 1 is 0.944 bits per heavy atom. The van der Waals surface area contributed by atoms with E-state index in [9.17, 15) is 19.8 Å². The molecule has 2 N–H and O–H groups in total. The van der Waals surface area contributed by atoms with Gasteiger partial charge >= 0.3 is 30.8 Å². The summed E-state index contributed by atoms with van der Waals surface area (Å²) in [5.41, 5.74) is -2.44. The molecule has 0 radical (unpaired) electrons. The van der Waals surface area contributed by atoms with Gasteiger partial charge < -0.3 is 10.2 Å². The van der Waals surface area contributed by atoms with Gasteiger partial charge in [-0.2, -0.15) is 0 Å². The molecule has 1 fully saturated rings. The normalized spacial score (nSPS) is 17.9. The minimum atomic E-state index is -1.66. The van der Waals surface area contributed by atoms with Gasteiger partial charge in [-0.1, -0.05) is 40.0 Å². The van der Waals surface area contributed by atoms with Crippen LogP contribution in [0.15, 0.2) is 0 Å². The topological polar surface area (TPSA) is 74.6 Å². The van der Waals surface area contributed by atoms with E-state index in [1.54, 1.807) is 20.8 Å².